The molecule has 1 aromatic carbocycles. The van der Waals surface area contributed by atoms with Crippen LogP contribution in [0.25, 0.3) is 0 Å². The molecular weight excluding hydrogens is 352 g/mol. The maximum atomic E-state index is 12.9. The van der Waals surface area contributed by atoms with Gasteiger partial charge in [0.1, 0.15) is 6.10 Å². The largest absolute Gasteiger partial charge is 0.416 e. The van der Waals surface area contributed by atoms with E-state index in [4.69, 9.17) is 9.16 Å². The molecule has 0 radical (unpaired) electrons. The minimum Gasteiger partial charge on any atom is -0.416 e. The third kappa shape index (κ3) is 7.36. The van der Waals surface area contributed by atoms with Crippen LogP contribution in [0.15, 0.2) is 42.0 Å². The second-order valence-corrected chi connectivity index (χ2v) is 13.1. The van der Waals surface area contributed by atoms with E-state index in [2.05, 4.69) is 34.6 Å². The molecule has 0 aliphatic rings. The number of carbonyl (C=O) groups excluding carboxylic acids is 1. The maximum absolute atomic E-state index is 12.9. The third-order valence-electron chi connectivity index (χ3n) is 5.34. The van der Waals surface area contributed by atoms with E-state index in [-0.39, 0.29) is 5.78 Å². The Morgan fingerprint density at radius 3 is 2.11 bits per heavy atom. The molecule has 0 amide bonds. The fraction of sp³-hybridized carbons (Fsp3) is 0.609. The molecule has 0 heterocycles. The number of carbonyl (C=O) groups is 1. The Balaban J connectivity index is 2.97. The van der Waals surface area contributed by atoms with Crippen LogP contribution in [0.4, 0.5) is 0 Å². The van der Waals surface area contributed by atoms with Crippen LogP contribution in [0.1, 0.15) is 54.0 Å². The van der Waals surface area contributed by atoms with Crippen molar-refractivity contribution in [1.82, 2.24) is 0 Å². The molecule has 0 spiro atoms. The van der Waals surface area contributed by atoms with E-state index in [0.717, 1.165) is 29.3 Å². The second-order valence-electron chi connectivity index (χ2n) is 8.32. The Morgan fingerprint density at radius 1 is 1.07 bits per heavy atom. The van der Waals surface area contributed by atoms with E-state index in [9.17, 15) is 4.79 Å². The van der Waals surface area contributed by atoms with E-state index in [1.165, 1.54) is 0 Å². The lowest BCUT2D eigenvalue weighted by molar-refractivity contribution is -0.137. The van der Waals surface area contributed by atoms with E-state index >= 15 is 0 Å². The Kier molecular flexibility index (Phi) is 9.64. The fourth-order valence-electron chi connectivity index (χ4n) is 3.28. The first kappa shape index (κ1) is 23.8. The Labute approximate surface area is 167 Å². The monoisotopic (exact) mass is 390 g/mol. The number of benzene rings is 1. The van der Waals surface area contributed by atoms with Crippen molar-refractivity contribution in [2.24, 2.45) is 5.41 Å². The highest BCUT2D eigenvalue weighted by Gasteiger charge is 2.38. The summed E-state index contributed by atoms with van der Waals surface area (Å²) < 4.78 is 12.7. The molecule has 0 aromatic heterocycles. The van der Waals surface area contributed by atoms with Gasteiger partial charge in [-0.1, -0.05) is 70.5 Å². The van der Waals surface area contributed by atoms with Crippen molar-refractivity contribution in [2.45, 2.75) is 79.3 Å². The number of rotatable bonds is 12. The van der Waals surface area contributed by atoms with Crippen LogP contribution in [0.3, 0.4) is 0 Å². The first-order chi connectivity index (χ1) is 12.7. The van der Waals surface area contributed by atoms with E-state index in [1.54, 1.807) is 6.08 Å². The van der Waals surface area contributed by atoms with Crippen LogP contribution in [0.2, 0.25) is 18.1 Å². The van der Waals surface area contributed by atoms with Crippen LogP contribution >= 0.6 is 0 Å². The molecule has 0 fully saturated rings. The zero-order chi connectivity index (χ0) is 20.5. The molecule has 152 valence electrons. The molecule has 1 atom stereocenters. The highest BCUT2D eigenvalue weighted by Crippen LogP contribution is 2.30. The van der Waals surface area contributed by atoms with Gasteiger partial charge in [0.25, 0.3) is 0 Å². The summed E-state index contributed by atoms with van der Waals surface area (Å²) in [5.74, 6) is 0.0243. The van der Waals surface area contributed by atoms with Gasteiger partial charge in [0.15, 0.2) is 14.1 Å². The third-order valence-corrected chi connectivity index (χ3v) is 9.96. The SMILES string of the molecule is CC[Si](CC)(CC)OCC(C)(C)[C@H](OCc1ccccc1)C(=O)C=C(C)C. The van der Waals surface area contributed by atoms with Gasteiger partial charge >= 0.3 is 0 Å². The van der Waals surface area contributed by atoms with E-state index < -0.39 is 19.8 Å². The van der Waals surface area contributed by atoms with Gasteiger partial charge in [-0.15, -0.1) is 0 Å². The van der Waals surface area contributed by atoms with Crippen LogP contribution in [-0.4, -0.2) is 26.8 Å². The molecule has 0 saturated heterocycles. The van der Waals surface area contributed by atoms with E-state index in [0.29, 0.717) is 13.2 Å². The molecule has 3 nitrogen and oxygen atoms in total. The first-order valence-corrected chi connectivity index (χ1v) is 12.7. The van der Waals surface area contributed by atoms with Gasteiger partial charge in [-0.3, -0.25) is 4.79 Å². The van der Waals surface area contributed by atoms with Gasteiger partial charge in [-0.05, 0) is 43.6 Å². The molecule has 0 bridgehead atoms. The second kappa shape index (κ2) is 10.9. The zero-order valence-electron chi connectivity index (χ0n) is 18.3. The number of hydrogen-bond donors (Lipinski definition) is 0. The van der Waals surface area contributed by atoms with Crippen molar-refractivity contribution in [3.63, 3.8) is 0 Å². The minimum atomic E-state index is -1.71. The predicted octanol–water partition coefficient (Wildman–Crippen LogP) is 6.16. The summed E-state index contributed by atoms with van der Waals surface area (Å²) >= 11 is 0. The van der Waals surface area contributed by atoms with Gasteiger partial charge in [0.05, 0.1) is 6.61 Å². The lowest BCUT2D eigenvalue weighted by Crippen LogP contribution is -2.46. The summed E-state index contributed by atoms with van der Waals surface area (Å²) in [6.07, 6.45) is 1.17. The lowest BCUT2D eigenvalue weighted by atomic mass is 9.84. The maximum Gasteiger partial charge on any atom is 0.192 e. The van der Waals surface area contributed by atoms with Gasteiger partial charge in [0.2, 0.25) is 0 Å². The number of ether oxygens (including phenoxy) is 1. The minimum absolute atomic E-state index is 0.0243. The van der Waals surface area contributed by atoms with Crippen molar-refractivity contribution < 1.29 is 14.0 Å². The van der Waals surface area contributed by atoms with Crippen molar-refractivity contribution in [2.75, 3.05) is 6.61 Å². The molecule has 0 aliphatic carbocycles. The Bertz CT molecular complexity index is 591. The molecule has 0 N–H and O–H groups in total. The quantitative estimate of drug-likeness (QED) is 0.317. The predicted molar refractivity (Wildman–Crippen MR) is 116 cm³/mol. The molecule has 1 aromatic rings. The van der Waals surface area contributed by atoms with Gasteiger partial charge < -0.3 is 9.16 Å². The molecule has 0 unspecified atom stereocenters. The molecule has 27 heavy (non-hydrogen) atoms. The molecule has 0 aliphatic heterocycles. The number of hydrogen-bond acceptors (Lipinski definition) is 3. The number of allylic oxidation sites excluding steroid dienone is 1. The Hall–Kier alpha value is -1.23. The first-order valence-electron chi connectivity index (χ1n) is 10.2. The Morgan fingerprint density at radius 2 is 1.63 bits per heavy atom. The summed E-state index contributed by atoms with van der Waals surface area (Å²) in [4.78, 5) is 12.9. The zero-order valence-corrected chi connectivity index (χ0v) is 19.3. The molecule has 4 heteroatoms. The van der Waals surface area contributed by atoms with Crippen molar-refractivity contribution in [3.8, 4) is 0 Å². The molecule has 0 saturated carbocycles. The van der Waals surface area contributed by atoms with Gasteiger partial charge in [0, 0.05) is 12.0 Å². The van der Waals surface area contributed by atoms with Crippen molar-refractivity contribution >= 4 is 14.1 Å². The lowest BCUT2D eigenvalue weighted by Gasteiger charge is -2.37. The standard InChI is InChI=1S/C23H38O3Si/c1-8-27(9-2,10-3)26-18-23(6,7)22(21(24)16-19(4)5)25-17-20-14-12-11-13-15-20/h11-16,22H,8-10,17-18H2,1-7H3/t22-/m1/s1. The summed E-state index contributed by atoms with van der Waals surface area (Å²) in [6, 6.07) is 13.3. The summed E-state index contributed by atoms with van der Waals surface area (Å²) in [5, 5.41) is 0. The fourth-order valence-corrected chi connectivity index (χ4v) is 6.07. The number of ketones is 1. The molecule has 1 rings (SSSR count). The van der Waals surface area contributed by atoms with Crippen LogP contribution in [-0.2, 0) is 20.6 Å². The molecular formula is C23H38O3Si. The highest BCUT2D eigenvalue weighted by atomic mass is 28.4. The van der Waals surface area contributed by atoms with Gasteiger partial charge in [-0.2, -0.15) is 0 Å². The topological polar surface area (TPSA) is 35.5 Å². The van der Waals surface area contributed by atoms with Crippen LogP contribution in [0.5, 0.6) is 0 Å². The summed E-state index contributed by atoms with van der Waals surface area (Å²) in [6.45, 7) is 15.7. The average molecular weight is 391 g/mol. The smallest absolute Gasteiger partial charge is 0.192 e. The van der Waals surface area contributed by atoms with E-state index in [1.807, 2.05) is 44.2 Å². The normalized spacial score (nSPS) is 13.3. The van der Waals surface area contributed by atoms with Crippen molar-refractivity contribution in [3.05, 3.63) is 47.5 Å². The summed E-state index contributed by atoms with van der Waals surface area (Å²) in [7, 11) is -1.71. The van der Waals surface area contributed by atoms with Crippen molar-refractivity contribution in [1.29, 1.82) is 0 Å². The highest BCUT2D eigenvalue weighted by molar-refractivity contribution is 6.73. The van der Waals surface area contributed by atoms with Crippen LogP contribution < -0.4 is 0 Å². The average Bonchev–Trinajstić information content (AvgIpc) is 2.63. The van der Waals surface area contributed by atoms with Gasteiger partial charge in [-0.25, -0.2) is 0 Å². The summed E-state index contributed by atoms with van der Waals surface area (Å²) in [5.41, 5.74) is 1.67. The van der Waals surface area contributed by atoms with Crippen LogP contribution in [0, 0.1) is 5.41 Å².